The van der Waals surface area contributed by atoms with E-state index in [1.54, 1.807) is 54.8 Å². The fourth-order valence-corrected chi connectivity index (χ4v) is 4.36. The third-order valence-electron chi connectivity index (χ3n) is 6.37. The molecule has 1 aliphatic heterocycles. The van der Waals surface area contributed by atoms with Gasteiger partial charge in [-0.2, -0.15) is 28.2 Å². The molecule has 0 spiro atoms. The van der Waals surface area contributed by atoms with E-state index in [4.69, 9.17) is 9.57 Å². The number of carbonyl (C=O) groups is 2. The lowest BCUT2D eigenvalue weighted by atomic mass is 10.1. The third kappa shape index (κ3) is 6.26. The molecule has 42 heavy (non-hydrogen) atoms. The topological polar surface area (TPSA) is 133 Å². The van der Waals surface area contributed by atoms with E-state index >= 15 is 0 Å². The zero-order chi connectivity index (χ0) is 30.2. The van der Waals surface area contributed by atoms with Gasteiger partial charge in [0.05, 0.1) is 11.9 Å². The Hall–Kier alpha value is -4.76. The molecule has 0 N–H and O–H groups in total. The van der Waals surface area contributed by atoms with Gasteiger partial charge in [-0.05, 0) is 45.0 Å². The van der Waals surface area contributed by atoms with Gasteiger partial charge in [0.15, 0.2) is 5.69 Å². The Kier molecular flexibility index (Phi) is 7.47. The normalized spacial score (nSPS) is 14.4. The van der Waals surface area contributed by atoms with Gasteiger partial charge in [0.25, 0.3) is 0 Å². The number of amides is 2. The third-order valence-corrected chi connectivity index (χ3v) is 6.37. The molecule has 0 aliphatic carbocycles. The van der Waals surface area contributed by atoms with Crippen LogP contribution in [0.5, 0.6) is 6.01 Å². The number of piperazine rings is 1. The van der Waals surface area contributed by atoms with Crippen molar-refractivity contribution in [1.29, 1.82) is 0 Å². The summed E-state index contributed by atoms with van der Waals surface area (Å²) in [5.41, 5.74) is -0.991. The summed E-state index contributed by atoms with van der Waals surface area (Å²) in [6.45, 7) is 7.68. The van der Waals surface area contributed by atoms with Gasteiger partial charge in [0.2, 0.25) is 5.91 Å². The number of aromatic nitrogens is 7. The lowest BCUT2D eigenvalue weighted by Crippen LogP contribution is -2.52. The van der Waals surface area contributed by atoms with Gasteiger partial charge in [0, 0.05) is 43.5 Å². The van der Waals surface area contributed by atoms with E-state index in [1.165, 1.54) is 24.0 Å². The number of nitrogens with zero attached hydrogens (tertiary/aromatic N) is 9. The minimum absolute atomic E-state index is 0.0681. The van der Waals surface area contributed by atoms with Crippen molar-refractivity contribution in [2.24, 2.45) is 0 Å². The second kappa shape index (κ2) is 10.9. The first-order chi connectivity index (χ1) is 19.8. The van der Waals surface area contributed by atoms with Crippen LogP contribution in [-0.2, 0) is 22.3 Å². The summed E-state index contributed by atoms with van der Waals surface area (Å²) in [5, 5.41) is 11.9. The summed E-state index contributed by atoms with van der Waals surface area (Å²) in [5.74, 6) is -0.258. The Labute approximate surface area is 237 Å². The molecular weight excluding hydrogens is 559 g/mol. The molecule has 0 saturated carbocycles. The average Bonchev–Trinajstić information content (AvgIpc) is 3.55. The number of fused-ring (bicyclic) bond motifs is 1. The molecule has 1 aliphatic rings. The molecule has 4 heterocycles. The Morgan fingerprint density at radius 1 is 1.00 bits per heavy atom. The zero-order valence-corrected chi connectivity index (χ0v) is 23.3. The minimum atomic E-state index is -4.79. The molecule has 222 valence electrons. The van der Waals surface area contributed by atoms with E-state index in [0.29, 0.717) is 37.2 Å². The first kappa shape index (κ1) is 28.8. The van der Waals surface area contributed by atoms with Gasteiger partial charge in [-0.15, -0.1) is 5.10 Å². The lowest BCUT2D eigenvalue weighted by molar-refractivity contribution is -0.142. The Bertz CT molecular complexity index is 1620. The van der Waals surface area contributed by atoms with Crippen LogP contribution in [0.25, 0.3) is 22.3 Å². The summed E-state index contributed by atoms with van der Waals surface area (Å²) in [6, 6.07) is 6.14. The minimum Gasteiger partial charge on any atom is -0.444 e. The van der Waals surface area contributed by atoms with Crippen molar-refractivity contribution in [3.8, 4) is 17.3 Å². The number of para-hydroxylation sites is 1. The van der Waals surface area contributed by atoms with Crippen LogP contribution >= 0.6 is 0 Å². The molecule has 1 saturated heterocycles. The second-order valence-electron chi connectivity index (χ2n) is 10.6. The summed E-state index contributed by atoms with van der Waals surface area (Å²) in [6.07, 6.45) is -2.49. The van der Waals surface area contributed by atoms with Crippen molar-refractivity contribution in [2.45, 2.75) is 46.0 Å². The highest BCUT2D eigenvalue weighted by atomic mass is 19.4. The van der Waals surface area contributed by atoms with Gasteiger partial charge in [0.1, 0.15) is 23.2 Å². The fourth-order valence-electron chi connectivity index (χ4n) is 4.36. The molecule has 2 amide bonds. The quantitative estimate of drug-likeness (QED) is 0.345. The highest BCUT2D eigenvalue weighted by Gasteiger charge is 2.37. The molecule has 4 aromatic rings. The maximum atomic E-state index is 13.9. The maximum Gasteiger partial charge on any atom is 0.433 e. The number of carbonyl (C=O) groups excluding carboxylic acids is 2. The molecule has 0 unspecified atom stereocenters. The molecule has 0 bridgehead atoms. The standard InChI is InChI=1S/C26H28F3N9O4/c1-16-21(31-23(32-22(16)26(27,28)29)42-38-19-8-6-5-7-18(19)33-34-38)17-13-30-37(14-17)15-20(39)35-9-11-36(12-10-35)24(40)41-25(2,3)4/h5-8,13-14H,9-12,15H2,1-4H3. The van der Waals surface area contributed by atoms with Crippen LogP contribution in [0.3, 0.4) is 0 Å². The van der Waals surface area contributed by atoms with Crippen molar-refractivity contribution >= 4 is 23.0 Å². The monoisotopic (exact) mass is 587 g/mol. The summed E-state index contributed by atoms with van der Waals surface area (Å²) in [4.78, 5) is 42.6. The van der Waals surface area contributed by atoms with Gasteiger partial charge in [-0.25, -0.2) is 4.79 Å². The second-order valence-corrected chi connectivity index (χ2v) is 10.6. The highest BCUT2D eigenvalue weighted by Crippen LogP contribution is 2.35. The van der Waals surface area contributed by atoms with Gasteiger partial charge < -0.3 is 19.4 Å². The van der Waals surface area contributed by atoms with E-state index in [2.05, 4.69) is 25.4 Å². The predicted octanol–water partition coefficient (Wildman–Crippen LogP) is 3.33. The number of hydrogen-bond acceptors (Lipinski definition) is 9. The van der Waals surface area contributed by atoms with Crippen molar-refractivity contribution in [3.63, 3.8) is 0 Å². The lowest BCUT2D eigenvalue weighted by Gasteiger charge is -2.35. The van der Waals surface area contributed by atoms with Gasteiger partial charge in [-0.1, -0.05) is 17.0 Å². The smallest absolute Gasteiger partial charge is 0.433 e. The molecule has 16 heteroatoms. The first-order valence-corrected chi connectivity index (χ1v) is 13.0. The van der Waals surface area contributed by atoms with E-state index in [-0.39, 0.29) is 29.3 Å². The molecule has 1 aromatic carbocycles. The molecule has 5 rings (SSSR count). The van der Waals surface area contributed by atoms with Gasteiger partial charge in [-0.3, -0.25) is 9.48 Å². The Balaban J connectivity index is 1.32. The number of ether oxygens (including phenoxy) is 1. The molecular formula is C26H28F3N9O4. The van der Waals surface area contributed by atoms with Crippen LogP contribution in [0.4, 0.5) is 18.0 Å². The van der Waals surface area contributed by atoms with Crippen molar-refractivity contribution < 1.29 is 32.3 Å². The van der Waals surface area contributed by atoms with E-state index in [9.17, 15) is 22.8 Å². The van der Waals surface area contributed by atoms with Crippen LogP contribution in [0.2, 0.25) is 0 Å². The number of rotatable bonds is 5. The van der Waals surface area contributed by atoms with Crippen LogP contribution in [0, 0.1) is 6.92 Å². The molecule has 3 aromatic heterocycles. The van der Waals surface area contributed by atoms with E-state index in [1.807, 2.05) is 0 Å². The van der Waals surface area contributed by atoms with Crippen LogP contribution in [-0.4, -0.2) is 88.5 Å². The van der Waals surface area contributed by atoms with Crippen molar-refractivity contribution in [3.05, 3.63) is 47.9 Å². The summed E-state index contributed by atoms with van der Waals surface area (Å²) in [7, 11) is 0. The first-order valence-electron chi connectivity index (χ1n) is 13.0. The maximum absolute atomic E-state index is 13.9. The number of hydrogen-bond donors (Lipinski definition) is 0. The van der Waals surface area contributed by atoms with Crippen LogP contribution in [0.1, 0.15) is 32.0 Å². The predicted molar refractivity (Wildman–Crippen MR) is 141 cm³/mol. The summed E-state index contributed by atoms with van der Waals surface area (Å²) >= 11 is 0. The Morgan fingerprint density at radius 3 is 2.38 bits per heavy atom. The number of benzene rings is 1. The fraction of sp³-hybridized carbons (Fsp3) is 0.423. The Morgan fingerprint density at radius 2 is 1.69 bits per heavy atom. The summed E-state index contributed by atoms with van der Waals surface area (Å²) < 4.78 is 48.4. The molecule has 0 radical (unpaired) electrons. The largest absolute Gasteiger partial charge is 0.444 e. The van der Waals surface area contributed by atoms with Gasteiger partial charge >= 0.3 is 18.3 Å². The average molecular weight is 588 g/mol. The van der Waals surface area contributed by atoms with Crippen molar-refractivity contribution in [1.82, 2.24) is 44.7 Å². The molecule has 13 nitrogen and oxygen atoms in total. The zero-order valence-electron chi connectivity index (χ0n) is 23.3. The molecule has 0 atom stereocenters. The number of alkyl halides is 3. The van der Waals surface area contributed by atoms with Crippen LogP contribution in [0.15, 0.2) is 36.7 Å². The SMILES string of the molecule is Cc1c(-c2cnn(CC(=O)N3CCN(C(=O)OC(C)(C)C)CC3)c2)nc(On2nnc3ccccc32)nc1C(F)(F)F. The number of halogens is 3. The van der Waals surface area contributed by atoms with E-state index < -0.39 is 29.6 Å². The molecule has 1 fully saturated rings. The van der Waals surface area contributed by atoms with Crippen molar-refractivity contribution in [2.75, 3.05) is 26.2 Å². The van der Waals surface area contributed by atoms with Crippen LogP contribution < -0.4 is 4.84 Å². The highest BCUT2D eigenvalue weighted by molar-refractivity contribution is 5.77. The van der Waals surface area contributed by atoms with E-state index in [0.717, 1.165) is 4.85 Å².